The minimum atomic E-state index is -0.818. The Morgan fingerprint density at radius 2 is 1.69 bits per heavy atom. The summed E-state index contributed by atoms with van der Waals surface area (Å²) in [4.78, 5) is 16.8. The van der Waals surface area contributed by atoms with Gasteiger partial charge in [0.1, 0.15) is 22.9 Å². The van der Waals surface area contributed by atoms with Gasteiger partial charge in [-0.25, -0.2) is 14.4 Å². The van der Waals surface area contributed by atoms with E-state index in [-0.39, 0.29) is 11.9 Å². The van der Waals surface area contributed by atoms with E-state index < -0.39 is 11.5 Å². The average molecular weight is 351 g/mol. The molecule has 0 amide bonds. The lowest BCUT2D eigenvalue weighted by Gasteiger charge is -2.34. The zero-order valence-corrected chi connectivity index (χ0v) is 13.9. The van der Waals surface area contributed by atoms with E-state index in [1.807, 2.05) is 6.92 Å². The molecule has 0 bridgehead atoms. The van der Waals surface area contributed by atoms with Gasteiger partial charge in [-0.15, -0.1) is 0 Å². The van der Waals surface area contributed by atoms with Crippen molar-refractivity contribution in [3.05, 3.63) is 89.8 Å². The van der Waals surface area contributed by atoms with Crippen LogP contribution in [0.2, 0.25) is 0 Å². The number of hydrogen-bond acceptors (Lipinski definition) is 5. The molecular formula is C19H15F2N5. The summed E-state index contributed by atoms with van der Waals surface area (Å²) < 4.78 is 26.8. The summed E-state index contributed by atoms with van der Waals surface area (Å²) in [6, 6.07) is 8.86. The third kappa shape index (κ3) is 2.61. The first-order valence-electron chi connectivity index (χ1n) is 8.10. The molecule has 1 aliphatic heterocycles. The highest BCUT2D eigenvalue weighted by atomic mass is 19.1. The number of halogens is 2. The van der Waals surface area contributed by atoms with Crippen LogP contribution in [0.5, 0.6) is 0 Å². The first-order valence-corrected chi connectivity index (χ1v) is 8.10. The molecule has 3 aromatic rings. The quantitative estimate of drug-likeness (QED) is 0.737. The van der Waals surface area contributed by atoms with Crippen molar-refractivity contribution >= 4 is 5.84 Å². The number of benzene rings is 1. The molecule has 1 aliphatic rings. The van der Waals surface area contributed by atoms with Crippen LogP contribution in [-0.2, 0) is 5.54 Å². The third-order valence-electron chi connectivity index (χ3n) is 4.55. The molecule has 7 heteroatoms. The summed E-state index contributed by atoms with van der Waals surface area (Å²) in [7, 11) is 0. The molecule has 2 aromatic heterocycles. The molecule has 0 radical (unpaired) electrons. The largest absolute Gasteiger partial charge is 0.353 e. The molecule has 130 valence electrons. The lowest BCUT2D eigenvalue weighted by atomic mass is 9.79. The molecule has 5 nitrogen and oxygen atoms in total. The fourth-order valence-corrected chi connectivity index (χ4v) is 3.28. The minimum absolute atomic E-state index is 0.266. The Bertz CT molecular complexity index is 894. The maximum Gasteiger partial charge on any atom is 0.212 e. The predicted octanol–water partition coefficient (Wildman–Crippen LogP) is 2.83. The Kier molecular flexibility index (Phi) is 3.91. The minimum Gasteiger partial charge on any atom is -0.353 e. The molecular weight excluding hydrogens is 336 g/mol. The third-order valence-corrected chi connectivity index (χ3v) is 4.55. The van der Waals surface area contributed by atoms with Crippen molar-refractivity contribution in [2.45, 2.75) is 18.5 Å². The van der Waals surface area contributed by atoms with Crippen molar-refractivity contribution in [2.24, 2.45) is 4.99 Å². The van der Waals surface area contributed by atoms with E-state index >= 15 is 0 Å². The second-order valence-electron chi connectivity index (χ2n) is 6.05. The van der Waals surface area contributed by atoms with E-state index in [0.29, 0.717) is 11.5 Å². The molecule has 26 heavy (non-hydrogen) atoms. The van der Waals surface area contributed by atoms with Gasteiger partial charge < -0.3 is 5.32 Å². The number of aromatic nitrogens is 3. The summed E-state index contributed by atoms with van der Waals surface area (Å²) in [5, 5.41) is 3.40. The first kappa shape index (κ1) is 16.3. The van der Waals surface area contributed by atoms with Crippen LogP contribution in [0, 0.1) is 11.8 Å². The Balaban J connectivity index is 1.85. The number of aliphatic imine (C=N–C) groups is 1. The van der Waals surface area contributed by atoms with Gasteiger partial charge in [0.05, 0.1) is 12.2 Å². The van der Waals surface area contributed by atoms with Crippen LogP contribution in [0.25, 0.3) is 0 Å². The van der Waals surface area contributed by atoms with Crippen LogP contribution in [0.3, 0.4) is 0 Å². The van der Waals surface area contributed by atoms with Gasteiger partial charge in [0.2, 0.25) is 5.95 Å². The molecule has 0 saturated carbocycles. The Morgan fingerprint density at radius 1 is 0.923 bits per heavy atom. The van der Waals surface area contributed by atoms with Gasteiger partial charge >= 0.3 is 0 Å². The van der Waals surface area contributed by atoms with E-state index in [4.69, 9.17) is 4.99 Å². The standard InChI is InChI=1S/C19H15F2N5/c1-12-19(13-2-5-15(20)6-3-13,14-4-7-17(21)24-10-14)26-18(25-12)16-11-22-8-9-23-16/h2-12H,1H3,(H,25,26)/t12-,19-/m0/s1. The lowest BCUT2D eigenvalue weighted by molar-refractivity contribution is 0.430. The topological polar surface area (TPSA) is 63.1 Å². The van der Waals surface area contributed by atoms with Gasteiger partial charge in [-0.1, -0.05) is 18.2 Å². The zero-order chi connectivity index (χ0) is 18.1. The number of amidine groups is 1. The molecule has 0 aliphatic carbocycles. The Labute approximate surface area is 148 Å². The molecule has 1 aromatic carbocycles. The SMILES string of the molecule is C[C@@H]1N=C(c2cnccn2)N[C@@]1(c1ccc(F)cc1)c1ccc(F)nc1. The molecule has 0 saturated heterocycles. The van der Waals surface area contributed by atoms with Gasteiger partial charge in [0, 0.05) is 24.2 Å². The number of rotatable bonds is 3. The second kappa shape index (κ2) is 6.25. The van der Waals surface area contributed by atoms with Crippen LogP contribution in [0.4, 0.5) is 8.78 Å². The summed E-state index contributed by atoms with van der Waals surface area (Å²) in [5.74, 6) is -0.329. The highest BCUT2D eigenvalue weighted by Crippen LogP contribution is 2.38. The monoisotopic (exact) mass is 351 g/mol. The number of hydrogen-bond donors (Lipinski definition) is 1. The number of nitrogens with zero attached hydrogens (tertiary/aromatic N) is 4. The van der Waals surface area contributed by atoms with Crippen LogP contribution in [0.1, 0.15) is 23.7 Å². The van der Waals surface area contributed by atoms with Crippen LogP contribution >= 0.6 is 0 Å². The summed E-state index contributed by atoms with van der Waals surface area (Å²) >= 11 is 0. The molecule has 0 fully saturated rings. The summed E-state index contributed by atoms with van der Waals surface area (Å²) in [6.07, 6.45) is 6.25. The molecule has 3 heterocycles. The van der Waals surface area contributed by atoms with Crippen LogP contribution in [0.15, 0.2) is 66.2 Å². The van der Waals surface area contributed by atoms with E-state index in [9.17, 15) is 8.78 Å². The zero-order valence-electron chi connectivity index (χ0n) is 13.9. The van der Waals surface area contributed by atoms with Crippen molar-refractivity contribution in [3.8, 4) is 0 Å². The van der Waals surface area contributed by atoms with Crippen molar-refractivity contribution in [3.63, 3.8) is 0 Å². The molecule has 4 rings (SSSR count). The first-order chi connectivity index (χ1) is 12.6. The predicted molar refractivity (Wildman–Crippen MR) is 92.5 cm³/mol. The summed E-state index contributed by atoms with van der Waals surface area (Å²) in [5.41, 5.74) is 1.29. The van der Waals surface area contributed by atoms with Crippen molar-refractivity contribution in [2.75, 3.05) is 0 Å². The maximum atomic E-state index is 13.5. The van der Waals surface area contributed by atoms with Crippen molar-refractivity contribution in [1.29, 1.82) is 0 Å². The number of nitrogens with one attached hydrogen (secondary N) is 1. The highest BCUT2D eigenvalue weighted by molar-refractivity contribution is 5.99. The van der Waals surface area contributed by atoms with Crippen LogP contribution in [-0.4, -0.2) is 26.8 Å². The van der Waals surface area contributed by atoms with Gasteiger partial charge in [0.25, 0.3) is 0 Å². The van der Waals surface area contributed by atoms with E-state index in [1.54, 1.807) is 36.8 Å². The van der Waals surface area contributed by atoms with E-state index in [1.165, 1.54) is 24.4 Å². The van der Waals surface area contributed by atoms with Gasteiger partial charge in [0.15, 0.2) is 0 Å². The highest BCUT2D eigenvalue weighted by Gasteiger charge is 2.45. The Hall–Kier alpha value is -3.22. The fraction of sp³-hybridized carbons (Fsp3) is 0.158. The smallest absolute Gasteiger partial charge is 0.212 e. The molecule has 0 spiro atoms. The van der Waals surface area contributed by atoms with Crippen molar-refractivity contribution < 1.29 is 8.78 Å². The second-order valence-corrected chi connectivity index (χ2v) is 6.05. The van der Waals surface area contributed by atoms with E-state index in [2.05, 4.69) is 20.3 Å². The van der Waals surface area contributed by atoms with Gasteiger partial charge in [-0.2, -0.15) is 4.39 Å². The average Bonchev–Trinajstić information content (AvgIpc) is 3.02. The van der Waals surface area contributed by atoms with Crippen molar-refractivity contribution in [1.82, 2.24) is 20.3 Å². The molecule has 1 N–H and O–H groups in total. The molecule has 2 atom stereocenters. The Morgan fingerprint density at radius 3 is 2.35 bits per heavy atom. The van der Waals surface area contributed by atoms with Gasteiger partial charge in [-0.3, -0.25) is 9.98 Å². The van der Waals surface area contributed by atoms with E-state index in [0.717, 1.165) is 11.1 Å². The maximum absolute atomic E-state index is 13.5. The fourth-order valence-electron chi connectivity index (χ4n) is 3.28. The van der Waals surface area contributed by atoms with Crippen LogP contribution < -0.4 is 5.32 Å². The number of pyridine rings is 1. The summed E-state index contributed by atoms with van der Waals surface area (Å²) in [6.45, 7) is 1.93. The lowest BCUT2D eigenvalue weighted by Crippen LogP contribution is -2.48. The van der Waals surface area contributed by atoms with Gasteiger partial charge in [-0.05, 0) is 30.7 Å². The normalized spacial score (nSPS) is 22.0. The molecule has 0 unspecified atom stereocenters.